The number of nitrogen functional groups attached to an aromatic ring is 2. The number of nitrogens with two attached hydrogens (primary N) is 2. The SMILES string of the molecule is Cc1ccc(/C=C/c2cc(N)nc(N)c2)cc1. The molecule has 0 bridgehead atoms. The number of benzene rings is 1. The van der Waals surface area contributed by atoms with E-state index in [1.807, 2.05) is 12.2 Å². The highest BCUT2D eigenvalue weighted by Gasteiger charge is 1.94. The van der Waals surface area contributed by atoms with Gasteiger partial charge in [-0.1, -0.05) is 42.0 Å². The largest absolute Gasteiger partial charge is 0.384 e. The van der Waals surface area contributed by atoms with Gasteiger partial charge in [0.15, 0.2) is 0 Å². The first kappa shape index (κ1) is 11.2. The minimum absolute atomic E-state index is 0.438. The van der Waals surface area contributed by atoms with Crippen molar-refractivity contribution in [2.24, 2.45) is 0 Å². The summed E-state index contributed by atoms with van der Waals surface area (Å²) in [5.74, 6) is 0.877. The number of aryl methyl sites for hydroxylation is 1. The van der Waals surface area contributed by atoms with Gasteiger partial charge in [-0.2, -0.15) is 0 Å². The molecule has 0 spiro atoms. The number of nitrogens with zero attached hydrogens (tertiary/aromatic N) is 1. The van der Waals surface area contributed by atoms with Crippen molar-refractivity contribution in [2.45, 2.75) is 6.92 Å². The molecule has 17 heavy (non-hydrogen) atoms. The fraction of sp³-hybridized carbons (Fsp3) is 0.0714. The fourth-order valence-electron chi connectivity index (χ4n) is 1.56. The molecule has 0 fully saturated rings. The van der Waals surface area contributed by atoms with E-state index in [0.29, 0.717) is 11.6 Å². The van der Waals surface area contributed by atoms with E-state index in [4.69, 9.17) is 11.5 Å². The summed E-state index contributed by atoms with van der Waals surface area (Å²) in [5, 5.41) is 0. The molecule has 4 N–H and O–H groups in total. The van der Waals surface area contributed by atoms with E-state index < -0.39 is 0 Å². The average molecular weight is 225 g/mol. The fourth-order valence-corrected chi connectivity index (χ4v) is 1.56. The van der Waals surface area contributed by atoms with E-state index >= 15 is 0 Å². The minimum Gasteiger partial charge on any atom is -0.384 e. The monoisotopic (exact) mass is 225 g/mol. The summed E-state index contributed by atoms with van der Waals surface area (Å²) in [7, 11) is 0. The third kappa shape index (κ3) is 3.08. The maximum absolute atomic E-state index is 5.62. The van der Waals surface area contributed by atoms with Crippen molar-refractivity contribution >= 4 is 23.8 Å². The molecule has 0 radical (unpaired) electrons. The number of pyridine rings is 1. The van der Waals surface area contributed by atoms with Crippen molar-refractivity contribution < 1.29 is 0 Å². The van der Waals surface area contributed by atoms with Gasteiger partial charge in [-0.05, 0) is 30.2 Å². The second-order valence-corrected chi connectivity index (χ2v) is 3.99. The number of hydrogen-bond donors (Lipinski definition) is 2. The van der Waals surface area contributed by atoms with E-state index in [0.717, 1.165) is 11.1 Å². The van der Waals surface area contributed by atoms with Gasteiger partial charge in [-0.3, -0.25) is 0 Å². The molecule has 0 saturated carbocycles. The van der Waals surface area contributed by atoms with E-state index in [9.17, 15) is 0 Å². The lowest BCUT2D eigenvalue weighted by atomic mass is 10.1. The summed E-state index contributed by atoms with van der Waals surface area (Å²) in [6.07, 6.45) is 3.99. The van der Waals surface area contributed by atoms with Gasteiger partial charge in [0.25, 0.3) is 0 Å². The number of aromatic nitrogens is 1. The zero-order valence-electron chi connectivity index (χ0n) is 9.72. The molecule has 0 aliphatic rings. The summed E-state index contributed by atoms with van der Waals surface area (Å²) in [6, 6.07) is 11.9. The van der Waals surface area contributed by atoms with Crippen LogP contribution in [0.1, 0.15) is 16.7 Å². The lowest BCUT2D eigenvalue weighted by molar-refractivity contribution is 1.34. The second-order valence-electron chi connectivity index (χ2n) is 3.99. The molecule has 0 saturated heterocycles. The molecule has 2 aromatic rings. The van der Waals surface area contributed by atoms with Crippen LogP contribution in [-0.2, 0) is 0 Å². The molecule has 0 amide bonds. The highest BCUT2D eigenvalue weighted by atomic mass is 14.9. The molecular formula is C14H15N3. The third-order valence-corrected chi connectivity index (χ3v) is 2.43. The summed E-state index contributed by atoms with van der Waals surface area (Å²) < 4.78 is 0. The summed E-state index contributed by atoms with van der Waals surface area (Å²) in [6.45, 7) is 2.07. The van der Waals surface area contributed by atoms with E-state index in [2.05, 4.69) is 36.2 Å². The number of anilines is 2. The summed E-state index contributed by atoms with van der Waals surface area (Å²) in [4.78, 5) is 3.92. The Balaban J connectivity index is 2.22. The van der Waals surface area contributed by atoms with E-state index in [1.54, 1.807) is 12.1 Å². The second kappa shape index (κ2) is 4.70. The first-order valence-corrected chi connectivity index (χ1v) is 5.41. The lowest BCUT2D eigenvalue weighted by Gasteiger charge is -1.99. The molecule has 0 atom stereocenters. The number of hydrogen-bond acceptors (Lipinski definition) is 3. The Bertz CT molecular complexity index is 522. The molecule has 0 aliphatic carbocycles. The molecule has 0 unspecified atom stereocenters. The van der Waals surface area contributed by atoms with Crippen molar-refractivity contribution in [3.05, 3.63) is 53.1 Å². The number of rotatable bonds is 2. The lowest BCUT2D eigenvalue weighted by Crippen LogP contribution is -1.96. The van der Waals surface area contributed by atoms with Gasteiger partial charge in [0.2, 0.25) is 0 Å². The maximum Gasteiger partial charge on any atom is 0.126 e. The molecule has 1 heterocycles. The Labute approximate surface area is 101 Å². The van der Waals surface area contributed by atoms with E-state index in [-0.39, 0.29) is 0 Å². The van der Waals surface area contributed by atoms with Crippen LogP contribution >= 0.6 is 0 Å². The smallest absolute Gasteiger partial charge is 0.126 e. The minimum atomic E-state index is 0.438. The van der Waals surface area contributed by atoms with Crippen LogP contribution in [0.2, 0.25) is 0 Å². The predicted molar refractivity (Wildman–Crippen MR) is 73.2 cm³/mol. The Kier molecular flexibility index (Phi) is 3.10. The zero-order chi connectivity index (χ0) is 12.3. The van der Waals surface area contributed by atoms with Gasteiger partial charge >= 0.3 is 0 Å². The molecule has 86 valence electrons. The van der Waals surface area contributed by atoms with Crippen molar-refractivity contribution in [2.75, 3.05) is 11.5 Å². The summed E-state index contributed by atoms with van der Waals surface area (Å²) >= 11 is 0. The normalized spacial score (nSPS) is 10.9. The molecule has 3 nitrogen and oxygen atoms in total. The Morgan fingerprint density at radius 2 is 1.41 bits per heavy atom. The van der Waals surface area contributed by atoms with Crippen molar-refractivity contribution in [3.8, 4) is 0 Å². The predicted octanol–water partition coefficient (Wildman–Crippen LogP) is 2.72. The highest BCUT2D eigenvalue weighted by molar-refractivity contribution is 5.71. The quantitative estimate of drug-likeness (QED) is 0.825. The summed E-state index contributed by atoms with van der Waals surface area (Å²) in [5.41, 5.74) is 14.6. The van der Waals surface area contributed by atoms with Crippen molar-refractivity contribution in [1.29, 1.82) is 0 Å². The molecule has 2 rings (SSSR count). The topological polar surface area (TPSA) is 64.9 Å². The van der Waals surface area contributed by atoms with Crippen LogP contribution in [0.25, 0.3) is 12.2 Å². The Morgan fingerprint density at radius 1 is 0.882 bits per heavy atom. The van der Waals surface area contributed by atoms with Crippen LogP contribution < -0.4 is 11.5 Å². The van der Waals surface area contributed by atoms with Crippen LogP contribution in [0.3, 0.4) is 0 Å². The van der Waals surface area contributed by atoms with Gasteiger partial charge in [-0.25, -0.2) is 4.98 Å². The molecule has 1 aromatic heterocycles. The van der Waals surface area contributed by atoms with Crippen molar-refractivity contribution in [3.63, 3.8) is 0 Å². The van der Waals surface area contributed by atoms with Crippen LogP contribution in [0.5, 0.6) is 0 Å². The Hall–Kier alpha value is -2.29. The average Bonchev–Trinajstić information content (AvgIpc) is 2.27. The van der Waals surface area contributed by atoms with Crippen molar-refractivity contribution in [1.82, 2.24) is 4.98 Å². The van der Waals surface area contributed by atoms with Gasteiger partial charge in [0.05, 0.1) is 0 Å². The molecule has 3 heteroatoms. The van der Waals surface area contributed by atoms with Crippen LogP contribution in [0.15, 0.2) is 36.4 Å². The third-order valence-electron chi connectivity index (χ3n) is 2.43. The van der Waals surface area contributed by atoms with Gasteiger partial charge < -0.3 is 11.5 Å². The van der Waals surface area contributed by atoms with E-state index in [1.165, 1.54) is 5.56 Å². The molecule has 1 aromatic carbocycles. The van der Waals surface area contributed by atoms with Gasteiger partial charge in [0, 0.05) is 0 Å². The van der Waals surface area contributed by atoms with Crippen LogP contribution in [-0.4, -0.2) is 4.98 Å². The molecule has 0 aliphatic heterocycles. The highest BCUT2D eigenvalue weighted by Crippen LogP contribution is 2.13. The van der Waals surface area contributed by atoms with Crippen LogP contribution in [0, 0.1) is 6.92 Å². The molecular weight excluding hydrogens is 210 g/mol. The zero-order valence-corrected chi connectivity index (χ0v) is 9.72. The Morgan fingerprint density at radius 3 is 2.00 bits per heavy atom. The van der Waals surface area contributed by atoms with Gasteiger partial charge in [-0.15, -0.1) is 0 Å². The van der Waals surface area contributed by atoms with Crippen LogP contribution in [0.4, 0.5) is 11.6 Å². The van der Waals surface area contributed by atoms with Gasteiger partial charge in [0.1, 0.15) is 11.6 Å². The maximum atomic E-state index is 5.62. The first-order valence-electron chi connectivity index (χ1n) is 5.41. The standard InChI is InChI=1S/C14H15N3/c1-10-2-4-11(5-3-10)6-7-12-8-13(15)17-14(16)9-12/h2-9H,1H3,(H4,15,16,17)/b7-6+. The first-order chi connectivity index (χ1) is 8.13.